The number of nitrogens with one attached hydrogen (secondary N) is 1. The first-order valence-electron chi connectivity index (χ1n) is 8.97. The van der Waals surface area contributed by atoms with Crippen LogP contribution < -0.4 is 5.32 Å². The van der Waals surface area contributed by atoms with Gasteiger partial charge in [-0.3, -0.25) is 4.79 Å². The van der Waals surface area contributed by atoms with Crippen LogP contribution in [0, 0.1) is 6.92 Å². The van der Waals surface area contributed by atoms with E-state index in [1.54, 1.807) is 0 Å². The number of carbonyl (C=O) groups excluding carboxylic acids is 1. The van der Waals surface area contributed by atoms with Crippen LogP contribution in [0.3, 0.4) is 0 Å². The first-order chi connectivity index (χ1) is 13.1. The predicted molar refractivity (Wildman–Crippen MR) is 108 cm³/mol. The lowest BCUT2D eigenvalue weighted by molar-refractivity contribution is 0.0952. The molecule has 2 aromatic heterocycles. The van der Waals surface area contributed by atoms with Crippen molar-refractivity contribution in [1.29, 1.82) is 0 Å². The van der Waals surface area contributed by atoms with Crippen LogP contribution in [-0.4, -0.2) is 15.5 Å². The van der Waals surface area contributed by atoms with Crippen LogP contribution in [0.15, 0.2) is 72.9 Å². The molecule has 0 saturated heterocycles. The highest BCUT2D eigenvalue weighted by atomic mass is 16.1. The molecule has 0 unspecified atom stereocenters. The van der Waals surface area contributed by atoms with Gasteiger partial charge in [-0.1, -0.05) is 42.0 Å². The summed E-state index contributed by atoms with van der Waals surface area (Å²) in [7, 11) is 1.98. The molecule has 0 bridgehead atoms. The molecule has 0 aliphatic heterocycles. The zero-order chi connectivity index (χ0) is 18.8. The fourth-order valence-electron chi connectivity index (χ4n) is 3.26. The first kappa shape index (κ1) is 17.0. The molecular weight excluding hydrogens is 334 g/mol. The van der Waals surface area contributed by atoms with E-state index < -0.39 is 0 Å². The zero-order valence-electron chi connectivity index (χ0n) is 15.4. The Bertz CT molecular complexity index is 1110. The normalized spacial score (nSPS) is 10.9. The number of aromatic nitrogens is 2. The molecule has 0 aliphatic rings. The highest BCUT2D eigenvalue weighted by molar-refractivity contribution is 6.07. The van der Waals surface area contributed by atoms with Gasteiger partial charge < -0.3 is 9.88 Å². The standard InChI is InChI=1S/C23H21N3O/c1-16-10-11-20-18(13-16)19(14-21(25-20)22-9-6-12-26(22)2)23(27)24-15-17-7-4-3-5-8-17/h3-14H,15H2,1-2H3,(H,24,27). The average molecular weight is 355 g/mol. The smallest absolute Gasteiger partial charge is 0.252 e. The van der Waals surface area contributed by atoms with Gasteiger partial charge in [0.15, 0.2) is 0 Å². The van der Waals surface area contributed by atoms with Crippen LogP contribution in [0.4, 0.5) is 0 Å². The van der Waals surface area contributed by atoms with Gasteiger partial charge in [0, 0.05) is 25.2 Å². The van der Waals surface area contributed by atoms with E-state index in [1.807, 2.05) is 91.5 Å². The van der Waals surface area contributed by atoms with Gasteiger partial charge in [0.25, 0.3) is 5.91 Å². The monoisotopic (exact) mass is 355 g/mol. The Morgan fingerprint density at radius 2 is 1.85 bits per heavy atom. The van der Waals surface area contributed by atoms with Gasteiger partial charge in [-0.05, 0) is 42.8 Å². The lowest BCUT2D eigenvalue weighted by atomic mass is 10.0. The highest BCUT2D eigenvalue weighted by Gasteiger charge is 2.15. The SMILES string of the molecule is Cc1ccc2nc(-c3cccn3C)cc(C(=O)NCc3ccccc3)c2c1. The quantitative estimate of drug-likeness (QED) is 0.587. The average Bonchev–Trinajstić information content (AvgIpc) is 3.12. The minimum atomic E-state index is -0.0905. The second-order valence-corrected chi connectivity index (χ2v) is 6.75. The van der Waals surface area contributed by atoms with Crippen molar-refractivity contribution in [2.75, 3.05) is 0 Å². The second-order valence-electron chi connectivity index (χ2n) is 6.75. The summed E-state index contributed by atoms with van der Waals surface area (Å²) in [5.74, 6) is -0.0905. The second kappa shape index (κ2) is 7.08. The lowest BCUT2D eigenvalue weighted by Gasteiger charge is -2.12. The van der Waals surface area contributed by atoms with Gasteiger partial charge >= 0.3 is 0 Å². The summed E-state index contributed by atoms with van der Waals surface area (Å²) in [6.07, 6.45) is 1.98. The van der Waals surface area contributed by atoms with Gasteiger partial charge in [-0.15, -0.1) is 0 Å². The summed E-state index contributed by atoms with van der Waals surface area (Å²) in [5.41, 5.74) is 5.43. The third-order valence-electron chi connectivity index (χ3n) is 4.71. The van der Waals surface area contributed by atoms with Crippen molar-refractivity contribution in [3.63, 3.8) is 0 Å². The first-order valence-corrected chi connectivity index (χ1v) is 8.97. The number of benzene rings is 2. The minimum Gasteiger partial charge on any atom is -0.349 e. The molecule has 4 rings (SSSR count). The van der Waals surface area contributed by atoms with Crippen LogP contribution in [0.25, 0.3) is 22.3 Å². The Morgan fingerprint density at radius 1 is 1.04 bits per heavy atom. The number of carbonyl (C=O) groups is 1. The summed E-state index contributed by atoms with van der Waals surface area (Å²) in [5, 5.41) is 3.91. The molecule has 0 saturated carbocycles. The third-order valence-corrected chi connectivity index (χ3v) is 4.71. The Hall–Kier alpha value is -3.40. The minimum absolute atomic E-state index is 0.0905. The third kappa shape index (κ3) is 3.47. The van der Waals surface area contributed by atoms with E-state index in [0.29, 0.717) is 12.1 Å². The number of fused-ring (bicyclic) bond motifs is 1. The topological polar surface area (TPSA) is 46.9 Å². The maximum absolute atomic E-state index is 13.0. The summed E-state index contributed by atoms with van der Waals surface area (Å²) in [4.78, 5) is 17.8. The molecule has 0 spiro atoms. The van der Waals surface area contributed by atoms with E-state index in [0.717, 1.165) is 33.4 Å². The number of amides is 1. The molecule has 0 atom stereocenters. The number of hydrogen-bond donors (Lipinski definition) is 1. The number of rotatable bonds is 4. The van der Waals surface area contributed by atoms with Gasteiger partial charge in [-0.25, -0.2) is 4.98 Å². The summed E-state index contributed by atoms with van der Waals surface area (Å²) < 4.78 is 2.01. The fraction of sp³-hybridized carbons (Fsp3) is 0.130. The number of hydrogen-bond acceptors (Lipinski definition) is 2. The van der Waals surface area contributed by atoms with Gasteiger partial charge in [-0.2, -0.15) is 0 Å². The predicted octanol–water partition coefficient (Wildman–Crippen LogP) is 4.48. The van der Waals surface area contributed by atoms with E-state index in [-0.39, 0.29) is 5.91 Å². The van der Waals surface area contributed by atoms with Gasteiger partial charge in [0.2, 0.25) is 0 Å². The van der Waals surface area contributed by atoms with Crippen LogP contribution in [0.2, 0.25) is 0 Å². The molecule has 4 aromatic rings. The van der Waals surface area contributed by atoms with Crippen molar-refractivity contribution >= 4 is 16.8 Å². The molecule has 27 heavy (non-hydrogen) atoms. The molecule has 1 N–H and O–H groups in total. The van der Waals surface area contributed by atoms with E-state index in [9.17, 15) is 4.79 Å². The van der Waals surface area contributed by atoms with Crippen LogP contribution in [0.5, 0.6) is 0 Å². The van der Waals surface area contributed by atoms with Crippen molar-refractivity contribution in [3.05, 3.63) is 89.6 Å². The van der Waals surface area contributed by atoms with Crippen LogP contribution >= 0.6 is 0 Å². The maximum atomic E-state index is 13.0. The molecule has 4 heteroatoms. The Labute approximate surface area is 158 Å². The van der Waals surface area contributed by atoms with Crippen LogP contribution in [-0.2, 0) is 13.6 Å². The molecule has 1 amide bonds. The largest absolute Gasteiger partial charge is 0.349 e. The lowest BCUT2D eigenvalue weighted by Crippen LogP contribution is -2.23. The van der Waals surface area contributed by atoms with E-state index >= 15 is 0 Å². The van der Waals surface area contributed by atoms with Crippen molar-refractivity contribution in [1.82, 2.24) is 14.9 Å². The Balaban J connectivity index is 1.76. The van der Waals surface area contributed by atoms with E-state index in [1.165, 1.54) is 0 Å². The van der Waals surface area contributed by atoms with E-state index in [4.69, 9.17) is 4.98 Å². The van der Waals surface area contributed by atoms with E-state index in [2.05, 4.69) is 5.32 Å². The molecule has 2 heterocycles. The summed E-state index contributed by atoms with van der Waals surface area (Å²) in [6.45, 7) is 2.52. The van der Waals surface area contributed by atoms with Gasteiger partial charge in [0.1, 0.15) is 0 Å². The molecule has 0 fully saturated rings. The molecule has 134 valence electrons. The Morgan fingerprint density at radius 3 is 2.59 bits per heavy atom. The highest BCUT2D eigenvalue weighted by Crippen LogP contribution is 2.26. The molecule has 4 nitrogen and oxygen atoms in total. The maximum Gasteiger partial charge on any atom is 0.252 e. The van der Waals surface area contributed by atoms with Crippen molar-refractivity contribution in [2.24, 2.45) is 7.05 Å². The number of nitrogens with zero attached hydrogens (tertiary/aromatic N) is 2. The van der Waals surface area contributed by atoms with Gasteiger partial charge in [0.05, 0.1) is 22.5 Å². The fourth-order valence-corrected chi connectivity index (χ4v) is 3.26. The zero-order valence-corrected chi connectivity index (χ0v) is 15.4. The Kier molecular flexibility index (Phi) is 4.47. The summed E-state index contributed by atoms with van der Waals surface area (Å²) >= 11 is 0. The number of pyridine rings is 1. The summed E-state index contributed by atoms with van der Waals surface area (Å²) in [6, 6.07) is 21.8. The van der Waals surface area contributed by atoms with Crippen molar-refractivity contribution < 1.29 is 4.79 Å². The molecule has 0 aliphatic carbocycles. The molecule has 0 radical (unpaired) electrons. The van der Waals surface area contributed by atoms with Crippen molar-refractivity contribution in [2.45, 2.75) is 13.5 Å². The van der Waals surface area contributed by atoms with Crippen molar-refractivity contribution in [3.8, 4) is 11.4 Å². The number of aryl methyl sites for hydroxylation is 2. The van der Waals surface area contributed by atoms with Crippen LogP contribution in [0.1, 0.15) is 21.5 Å². The molecular formula is C23H21N3O. The molecule has 2 aromatic carbocycles.